The van der Waals surface area contributed by atoms with Crippen LogP contribution in [0.15, 0.2) is 28.7 Å². The second-order valence-electron chi connectivity index (χ2n) is 2.87. The number of halogens is 1. The molecule has 0 radical (unpaired) electrons. The number of carbonyl (C=O) groups excluding carboxylic acids is 1. The van der Waals surface area contributed by atoms with Crippen molar-refractivity contribution >= 4 is 17.5 Å². The van der Waals surface area contributed by atoms with Crippen LogP contribution in [0.4, 0.5) is 0 Å². The number of hydrogen-bond donors (Lipinski definition) is 2. The summed E-state index contributed by atoms with van der Waals surface area (Å²) in [5.74, 6) is 4.24. The lowest BCUT2D eigenvalue weighted by Gasteiger charge is -1.96. The van der Waals surface area contributed by atoms with Crippen LogP contribution in [0.2, 0.25) is 5.02 Å². The molecule has 0 bridgehead atoms. The molecule has 2 rings (SSSR count). The third kappa shape index (κ3) is 1.88. The molecule has 0 atom stereocenters. The number of amides is 1. The number of hydrazine groups is 1. The molecule has 3 N–H and O–H groups in total. The van der Waals surface area contributed by atoms with Gasteiger partial charge in [-0.1, -0.05) is 23.7 Å². The summed E-state index contributed by atoms with van der Waals surface area (Å²) < 4.78 is 5.10. The Morgan fingerprint density at radius 1 is 1.38 bits per heavy atom. The summed E-state index contributed by atoms with van der Waals surface area (Å²) in [6.07, 6.45) is 0. The molecule has 1 amide bonds. The molecule has 0 aliphatic heterocycles. The van der Waals surface area contributed by atoms with Gasteiger partial charge in [-0.3, -0.25) is 10.2 Å². The minimum atomic E-state index is -0.647. The van der Waals surface area contributed by atoms with Gasteiger partial charge in [-0.15, -0.1) is 10.2 Å². The van der Waals surface area contributed by atoms with Crippen LogP contribution in [0.25, 0.3) is 11.5 Å². The molecule has 1 aromatic carbocycles. The Kier molecular flexibility index (Phi) is 2.84. The third-order valence-corrected chi connectivity index (χ3v) is 2.18. The quantitative estimate of drug-likeness (QED) is 0.462. The summed E-state index contributed by atoms with van der Waals surface area (Å²) in [7, 11) is 0. The van der Waals surface area contributed by atoms with Crippen LogP contribution in [0.5, 0.6) is 0 Å². The molecule has 0 aliphatic rings. The smallest absolute Gasteiger partial charge is 0.322 e. The number of carbonyl (C=O) groups is 1. The summed E-state index contributed by atoms with van der Waals surface area (Å²) in [4.78, 5) is 11.1. The first-order valence-electron chi connectivity index (χ1n) is 4.31. The van der Waals surface area contributed by atoms with E-state index in [1.54, 1.807) is 24.3 Å². The van der Waals surface area contributed by atoms with Gasteiger partial charge < -0.3 is 4.42 Å². The Hall–Kier alpha value is -1.92. The van der Waals surface area contributed by atoms with Gasteiger partial charge in [-0.25, -0.2) is 5.84 Å². The van der Waals surface area contributed by atoms with Crippen molar-refractivity contribution in [3.63, 3.8) is 0 Å². The highest BCUT2D eigenvalue weighted by Gasteiger charge is 2.15. The number of hydrogen-bond acceptors (Lipinski definition) is 5. The van der Waals surface area contributed by atoms with Crippen molar-refractivity contribution < 1.29 is 9.21 Å². The summed E-state index contributed by atoms with van der Waals surface area (Å²) in [6.45, 7) is 0. The lowest BCUT2D eigenvalue weighted by atomic mass is 10.2. The largest absolute Gasteiger partial charge is 0.412 e. The zero-order valence-corrected chi connectivity index (χ0v) is 8.73. The topological polar surface area (TPSA) is 94.0 Å². The molecule has 1 aromatic heterocycles. The van der Waals surface area contributed by atoms with Crippen LogP contribution in [0.3, 0.4) is 0 Å². The van der Waals surface area contributed by atoms with E-state index in [0.717, 1.165) is 0 Å². The molecule has 2 aromatic rings. The second-order valence-corrected chi connectivity index (χ2v) is 3.27. The fourth-order valence-electron chi connectivity index (χ4n) is 1.12. The van der Waals surface area contributed by atoms with E-state index in [4.69, 9.17) is 21.9 Å². The van der Waals surface area contributed by atoms with E-state index in [0.29, 0.717) is 10.6 Å². The Morgan fingerprint density at radius 2 is 2.12 bits per heavy atom. The molecule has 6 nitrogen and oxygen atoms in total. The molecule has 1 heterocycles. The van der Waals surface area contributed by atoms with E-state index in [1.807, 2.05) is 5.43 Å². The molecule has 7 heteroatoms. The van der Waals surface area contributed by atoms with Crippen molar-refractivity contribution in [3.05, 3.63) is 35.2 Å². The van der Waals surface area contributed by atoms with Gasteiger partial charge in [0.1, 0.15) is 0 Å². The van der Waals surface area contributed by atoms with Crippen LogP contribution in [-0.4, -0.2) is 16.1 Å². The molecular formula is C9H7ClN4O2. The number of aromatic nitrogens is 2. The van der Waals surface area contributed by atoms with E-state index in [9.17, 15) is 4.79 Å². The highest BCUT2D eigenvalue weighted by atomic mass is 35.5. The van der Waals surface area contributed by atoms with Crippen LogP contribution in [0.1, 0.15) is 10.7 Å². The molecule has 0 unspecified atom stereocenters. The fraction of sp³-hybridized carbons (Fsp3) is 0. The molecule has 82 valence electrons. The maximum atomic E-state index is 11.1. The maximum absolute atomic E-state index is 11.1. The first-order valence-corrected chi connectivity index (χ1v) is 4.69. The van der Waals surface area contributed by atoms with Gasteiger partial charge in [0, 0.05) is 0 Å². The standard InChI is InChI=1S/C9H7ClN4O2/c10-6-4-2-1-3-5(6)8-13-14-9(16-8)7(15)12-11/h1-4H,11H2,(H,12,15). The zero-order valence-electron chi connectivity index (χ0n) is 7.98. The van der Waals surface area contributed by atoms with Crippen LogP contribution < -0.4 is 11.3 Å². The number of benzene rings is 1. The van der Waals surface area contributed by atoms with Gasteiger partial charge in [0.15, 0.2) is 0 Å². The third-order valence-electron chi connectivity index (χ3n) is 1.85. The number of nitrogen functional groups attached to an aromatic ring is 1. The van der Waals surface area contributed by atoms with Gasteiger partial charge in [0.25, 0.3) is 0 Å². The number of nitrogens with two attached hydrogens (primary N) is 1. The summed E-state index contributed by atoms with van der Waals surface area (Å²) in [6, 6.07) is 6.94. The first kappa shape index (κ1) is 10.6. The Bertz CT molecular complexity index is 526. The van der Waals surface area contributed by atoms with Crippen molar-refractivity contribution in [1.82, 2.24) is 15.6 Å². The molecule has 0 saturated carbocycles. The minimum Gasteiger partial charge on any atom is -0.412 e. The normalized spacial score (nSPS) is 10.1. The number of nitrogens with zero attached hydrogens (tertiary/aromatic N) is 2. The zero-order chi connectivity index (χ0) is 11.5. The predicted molar refractivity (Wildman–Crippen MR) is 56.4 cm³/mol. The average Bonchev–Trinajstić information content (AvgIpc) is 2.78. The van der Waals surface area contributed by atoms with Gasteiger partial charge >= 0.3 is 11.8 Å². The Morgan fingerprint density at radius 3 is 2.81 bits per heavy atom. The molecule has 0 fully saturated rings. The van der Waals surface area contributed by atoms with Crippen molar-refractivity contribution in [2.24, 2.45) is 5.84 Å². The van der Waals surface area contributed by atoms with Crippen LogP contribution in [-0.2, 0) is 0 Å². The summed E-state index contributed by atoms with van der Waals surface area (Å²) in [5, 5.41) is 7.70. The average molecular weight is 239 g/mol. The monoisotopic (exact) mass is 238 g/mol. The van der Waals surface area contributed by atoms with Gasteiger partial charge in [0.05, 0.1) is 10.6 Å². The summed E-state index contributed by atoms with van der Waals surface area (Å²) >= 11 is 5.93. The van der Waals surface area contributed by atoms with Gasteiger partial charge in [0.2, 0.25) is 5.89 Å². The Labute approximate surface area is 95.4 Å². The highest BCUT2D eigenvalue weighted by Crippen LogP contribution is 2.25. The first-order chi connectivity index (χ1) is 7.72. The minimum absolute atomic E-state index is 0.171. The van der Waals surface area contributed by atoms with Crippen molar-refractivity contribution in [2.45, 2.75) is 0 Å². The van der Waals surface area contributed by atoms with Crippen LogP contribution >= 0.6 is 11.6 Å². The van der Waals surface area contributed by atoms with Crippen molar-refractivity contribution in [1.29, 1.82) is 0 Å². The van der Waals surface area contributed by atoms with Crippen molar-refractivity contribution in [3.8, 4) is 11.5 Å². The lowest BCUT2D eigenvalue weighted by Crippen LogP contribution is -2.30. The van der Waals surface area contributed by atoms with E-state index < -0.39 is 5.91 Å². The number of rotatable bonds is 2. The highest BCUT2D eigenvalue weighted by molar-refractivity contribution is 6.33. The van der Waals surface area contributed by atoms with E-state index in [2.05, 4.69) is 10.2 Å². The maximum Gasteiger partial charge on any atom is 0.322 e. The predicted octanol–water partition coefficient (Wildman–Crippen LogP) is 0.993. The molecule has 0 aliphatic carbocycles. The molecule has 0 spiro atoms. The molecular weight excluding hydrogens is 232 g/mol. The Balaban J connectivity index is 2.39. The fourth-order valence-corrected chi connectivity index (χ4v) is 1.34. The van der Waals surface area contributed by atoms with Crippen molar-refractivity contribution in [2.75, 3.05) is 0 Å². The van der Waals surface area contributed by atoms with Crippen LogP contribution in [0, 0.1) is 0 Å². The molecule has 16 heavy (non-hydrogen) atoms. The van der Waals surface area contributed by atoms with E-state index >= 15 is 0 Å². The van der Waals surface area contributed by atoms with Gasteiger partial charge in [-0.05, 0) is 12.1 Å². The van der Waals surface area contributed by atoms with E-state index in [-0.39, 0.29) is 11.8 Å². The van der Waals surface area contributed by atoms with E-state index in [1.165, 1.54) is 0 Å². The number of nitrogens with one attached hydrogen (secondary N) is 1. The summed E-state index contributed by atoms with van der Waals surface area (Å²) in [5.41, 5.74) is 2.46. The second kappa shape index (κ2) is 4.30. The molecule has 0 saturated heterocycles. The lowest BCUT2D eigenvalue weighted by molar-refractivity contribution is 0.0919. The van der Waals surface area contributed by atoms with Gasteiger partial charge in [-0.2, -0.15) is 0 Å². The SMILES string of the molecule is NNC(=O)c1nnc(-c2ccccc2Cl)o1.